The summed E-state index contributed by atoms with van der Waals surface area (Å²) >= 11 is 0. The Bertz CT molecular complexity index is 502. The maximum atomic E-state index is 8.12. The zero-order chi connectivity index (χ0) is 13.7. The number of rotatable bonds is 1. The summed E-state index contributed by atoms with van der Waals surface area (Å²) in [5.74, 6) is 0.859. The third-order valence-electron chi connectivity index (χ3n) is 4.16. The molecule has 1 saturated carbocycles. The summed E-state index contributed by atoms with van der Waals surface area (Å²) in [6.07, 6.45) is 11.1. The molecule has 2 aliphatic rings. The minimum Gasteiger partial charge on any atom is -0.186 e. The van der Waals surface area contributed by atoms with Gasteiger partial charge in [0.25, 0.3) is 0 Å². The Kier molecular flexibility index (Phi) is 4.70. The predicted octanol–water partition coefficient (Wildman–Crippen LogP) is 3.93. The van der Waals surface area contributed by atoms with Crippen LogP contribution in [0, 0.1) is 12.8 Å². The molecule has 3 rings (SSSR count). The monoisotopic (exact) mass is 256 g/mol. The predicted molar refractivity (Wildman–Crippen MR) is 74.4 cm³/mol. The molecule has 0 N–H and O–H groups in total. The van der Waals surface area contributed by atoms with Crippen molar-refractivity contribution in [3.8, 4) is 0 Å². The van der Waals surface area contributed by atoms with Gasteiger partial charge in [-0.15, -0.1) is 0 Å². The molecule has 0 bridgehead atoms. The van der Waals surface area contributed by atoms with Crippen molar-refractivity contribution in [2.24, 2.45) is 5.92 Å². The van der Waals surface area contributed by atoms with Crippen molar-refractivity contribution in [3.05, 3.63) is 41.0 Å². The lowest BCUT2D eigenvalue weighted by atomic mass is 9.82. The zero-order valence-corrected chi connectivity index (χ0v) is 11.4. The van der Waals surface area contributed by atoms with Crippen molar-refractivity contribution >= 4 is 11.7 Å². The smallest absolute Gasteiger partial charge is 0.186 e. The molecule has 1 fully saturated rings. The van der Waals surface area contributed by atoms with E-state index in [0.29, 0.717) is 0 Å². The first kappa shape index (κ1) is 13.8. The Balaban J connectivity index is 0.000000408. The third-order valence-corrected chi connectivity index (χ3v) is 4.16. The first-order chi connectivity index (χ1) is 9.26. The molecule has 1 aromatic rings. The van der Waals surface area contributed by atoms with Gasteiger partial charge in [0, 0.05) is 0 Å². The van der Waals surface area contributed by atoms with Crippen LogP contribution >= 0.6 is 0 Å². The first-order valence-electron chi connectivity index (χ1n) is 7.05. The summed E-state index contributed by atoms with van der Waals surface area (Å²) in [6.45, 7) is 2.19. The van der Waals surface area contributed by atoms with Gasteiger partial charge in [0.05, 0.1) is 0 Å². The molecule has 0 spiro atoms. The number of hydrogen-bond acceptors (Lipinski definition) is 2. The van der Waals surface area contributed by atoms with Crippen LogP contribution in [0.5, 0.6) is 0 Å². The standard InChI is InChI=1S/C16H20.CO2/c1-12-7-9-16-14(11-12)8-10-15(16)13-5-3-2-4-6-13;2-1-3/h7,9-11,13H,2-6,8H2,1H3;. The van der Waals surface area contributed by atoms with E-state index >= 15 is 0 Å². The number of hydrogen-bond donors (Lipinski definition) is 0. The van der Waals surface area contributed by atoms with E-state index in [0.717, 1.165) is 5.92 Å². The van der Waals surface area contributed by atoms with Gasteiger partial charge < -0.3 is 0 Å². The van der Waals surface area contributed by atoms with Crippen molar-refractivity contribution < 1.29 is 9.59 Å². The Hall–Kier alpha value is -1.66. The molecule has 2 nitrogen and oxygen atoms in total. The highest BCUT2D eigenvalue weighted by Gasteiger charge is 2.23. The molecule has 100 valence electrons. The quantitative estimate of drug-likeness (QED) is 0.763. The Labute approximate surface area is 114 Å². The fourth-order valence-electron chi connectivity index (χ4n) is 3.30. The summed E-state index contributed by atoms with van der Waals surface area (Å²) in [7, 11) is 0. The molecule has 0 aliphatic heterocycles. The van der Waals surface area contributed by atoms with Gasteiger partial charge in [0.15, 0.2) is 0 Å². The lowest BCUT2D eigenvalue weighted by Crippen LogP contribution is -2.07. The van der Waals surface area contributed by atoms with Gasteiger partial charge in [-0.1, -0.05) is 49.1 Å². The van der Waals surface area contributed by atoms with Crippen molar-refractivity contribution in [2.75, 3.05) is 0 Å². The highest BCUT2D eigenvalue weighted by atomic mass is 16.2. The second-order valence-electron chi connectivity index (χ2n) is 5.44. The van der Waals surface area contributed by atoms with E-state index in [-0.39, 0.29) is 6.15 Å². The van der Waals surface area contributed by atoms with E-state index in [9.17, 15) is 0 Å². The van der Waals surface area contributed by atoms with E-state index in [2.05, 4.69) is 31.2 Å². The topological polar surface area (TPSA) is 34.1 Å². The lowest BCUT2D eigenvalue weighted by molar-refractivity contribution is -0.191. The van der Waals surface area contributed by atoms with Gasteiger partial charge in [-0.3, -0.25) is 0 Å². The van der Waals surface area contributed by atoms with Crippen LogP contribution in [-0.4, -0.2) is 6.15 Å². The Morgan fingerprint density at radius 3 is 2.47 bits per heavy atom. The zero-order valence-electron chi connectivity index (χ0n) is 11.4. The summed E-state index contributed by atoms with van der Waals surface area (Å²) in [4.78, 5) is 16.2. The largest absolute Gasteiger partial charge is 0.373 e. The van der Waals surface area contributed by atoms with E-state index in [1.807, 2.05) is 0 Å². The SMILES string of the molecule is Cc1ccc2c(c1)CC=C2C1CCCCC1.O=C=O. The van der Waals surface area contributed by atoms with Crippen LogP contribution in [0.2, 0.25) is 0 Å². The van der Waals surface area contributed by atoms with Crippen LogP contribution in [0.4, 0.5) is 0 Å². The minimum atomic E-state index is 0.250. The lowest BCUT2D eigenvalue weighted by Gasteiger charge is -2.23. The molecule has 19 heavy (non-hydrogen) atoms. The highest BCUT2D eigenvalue weighted by molar-refractivity contribution is 5.74. The molecule has 0 radical (unpaired) electrons. The minimum absolute atomic E-state index is 0.250. The molecule has 0 saturated heterocycles. The average Bonchev–Trinajstić information content (AvgIpc) is 2.83. The Morgan fingerprint density at radius 2 is 1.79 bits per heavy atom. The molecule has 0 unspecified atom stereocenters. The van der Waals surface area contributed by atoms with E-state index < -0.39 is 0 Å². The number of carbonyl (C=O) groups excluding carboxylic acids is 2. The average molecular weight is 256 g/mol. The van der Waals surface area contributed by atoms with E-state index in [1.165, 1.54) is 44.1 Å². The molecule has 0 heterocycles. The number of fused-ring (bicyclic) bond motifs is 1. The van der Waals surface area contributed by atoms with Gasteiger partial charge >= 0.3 is 6.15 Å². The fraction of sp³-hybridized carbons (Fsp3) is 0.471. The Morgan fingerprint density at radius 1 is 1.11 bits per heavy atom. The van der Waals surface area contributed by atoms with Crippen molar-refractivity contribution in [3.63, 3.8) is 0 Å². The van der Waals surface area contributed by atoms with Gasteiger partial charge in [0.1, 0.15) is 0 Å². The molecular weight excluding hydrogens is 236 g/mol. The van der Waals surface area contributed by atoms with Gasteiger partial charge in [-0.05, 0) is 48.8 Å². The molecule has 1 aromatic carbocycles. The van der Waals surface area contributed by atoms with Crippen LogP contribution < -0.4 is 0 Å². The van der Waals surface area contributed by atoms with Crippen LogP contribution in [0.15, 0.2) is 24.3 Å². The van der Waals surface area contributed by atoms with Gasteiger partial charge in [-0.2, -0.15) is 9.59 Å². The van der Waals surface area contributed by atoms with Crippen LogP contribution in [0.3, 0.4) is 0 Å². The second kappa shape index (κ2) is 6.49. The van der Waals surface area contributed by atoms with Crippen molar-refractivity contribution in [1.82, 2.24) is 0 Å². The van der Waals surface area contributed by atoms with E-state index in [1.54, 1.807) is 16.7 Å². The maximum Gasteiger partial charge on any atom is 0.373 e. The normalized spacial score (nSPS) is 17.8. The van der Waals surface area contributed by atoms with Crippen molar-refractivity contribution in [1.29, 1.82) is 0 Å². The summed E-state index contributed by atoms with van der Waals surface area (Å²) in [5.41, 5.74) is 6.17. The fourth-order valence-corrected chi connectivity index (χ4v) is 3.30. The number of allylic oxidation sites excluding steroid dienone is 2. The van der Waals surface area contributed by atoms with E-state index in [4.69, 9.17) is 9.59 Å². The van der Waals surface area contributed by atoms with Gasteiger partial charge in [-0.25, -0.2) is 0 Å². The number of benzene rings is 1. The van der Waals surface area contributed by atoms with Crippen LogP contribution in [0.1, 0.15) is 48.8 Å². The summed E-state index contributed by atoms with van der Waals surface area (Å²) in [6, 6.07) is 6.97. The van der Waals surface area contributed by atoms with Crippen LogP contribution in [-0.2, 0) is 16.0 Å². The van der Waals surface area contributed by atoms with Crippen LogP contribution in [0.25, 0.3) is 5.57 Å². The first-order valence-corrected chi connectivity index (χ1v) is 7.05. The molecule has 0 aromatic heterocycles. The highest BCUT2D eigenvalue weighted by Crippen LogP contribution is 2.40. The second-order valence-corrected chi connectivity index (χ2v) is 5.44. The number of aryl methyl sites for hydroxylation is 1. The summed E-state index contributed by atoms with van der Waals surface area (Å²) in [5, 5.41) is 0. The third kappa shape index (κ3) is 3.21. The molecule has 2 heteroatoms. The molecule has 0 atom stereocenters. The summed E-state index contributed by atoms with van der Waals surface area (Å²) < 4.78 is 0. The maximum absolute atomic E-state index is 8.12. The van der Waals surface area contributed by atoms with Crippen molar-refractivity contribution in [2.45, 2.75) is 45.4 Å². The molecular formula is C17H20O2. The molecule has 0 amide bonds. The van der Waals surface area contributed by atoms with Gasteiger partial charge in [0.2, 0.25) is 0 Å². The molecule has 2 aliphatic carbocycles.